The Morgan fingerprint density at radius 3 is 1.07 bits per heavy atom. The van der Waals surface area contributed by atoms with Gasteiger partial charge >= 0.3 is 0 Å². The Morgan fingerprint density at radius 1 is 0.633 bits per heavy atom. The third-order valence-electron chi connectivity index (χ3n) is 4.78. The van der Waals surface area contributed by atoms with Crippen molar-refractivity contribution < 1.29 is 19.8 Å². The van der Waals surface area contributed by atoms with Crippen LogP contribution in [0.1, 0.15) is 108 Å². The Labute approximate surface area is 185 Å². The Bertz CT molecular complexity index is 437. The summed E-state index contributed by atoms with van der Waals surface area (Å²) in [5.41, 5.74) is -0.386. The van der Waals surface area contributed by atoms with Gasteiger partial charge in [-0.3, -0.25) is 9.59 Å². The van der Waals surface area contributed by atoms with E-state index in [2.05, 4.69) is 10.6 Å². The van der Waals surface area contributed by atoms with Gasteiger partial charge < -0.3 is 20.8 Å². The summed E-state index contributed by atoms with van der Waals surface area (Å²) in [5, 5.41) is 25.0. The molecular weight excluding hydrogens is 380 g/mol. The number of nitrogens with one attached hydrogen (secondary N) is 2. The van der Waals surface area contributed by atoms with Crippen molar-refractivity contribution in [2.75, 3.05) is 0 Å². The smallest absolute Gasteiger partial charge is 0.223 e. The molecule has 6 heteroatoms. The average molecular weight is 431 g/mol. The summed E-state index contributed by atoms with van der Waals surface area (Å²) in [5.74, 6) is -0.0339. The van der Waals surface area contributed by atoms with Crippen LogP contribution in [0.15, 0.2) is 0 Å². The van der Waals surface area contributed by atoms with Crippen LogP contribution in [-0.2, 0) is 9.59 Å². The summed E-state index contributed by atoms with van der Waals surface area (Å²) in [6, 6.07) is 0. The van der Waals surface area contributed by atoms with Crippen molar-refractivity contribution in [2.24, 2.45) is 11.8 Å². The van der Waals surface area contributed by atoms with Crippen molar-refractivity contribution in [3.05, 3.63) is 0 Å². The van der Waals surface area contributed by atoms with E-state index in [0.717, 1.165) is 12.8 Å². The molecular formula is C24H50N2O4. The zero-order chi connectivity index (χ0) is 24.1. The maximum Gasteiger partial charge on any atom is 0.223 e. The standard InChI is InChI=1S/2C12H25NO2/c2*1-6-9(8-10(14)7-2)11(15)13-12(3,4)5/h2*9-10,14H,6-8H2,1-5H3,(H,13,15)/t2*9-,10-/m11/s1. The van der Waals surface area contributed by atoms with Crippen LogP contribution in [0.4, 0.5) is 0 Å². The van der Waals surface area contributed by atoms with Crippen LogP contribution in [0.25, 0.3) is 0 Å². The predicted molar refractivity (Wildman–Crippen MR) is 125 cm³/mol. The number of carbonyl (C=O) groups is 2. The summed E-state index contributed by atoms with van der Waals surface area (Å²) in [7, 11) is 0. The van der Waals surface area contributed by atoms with Crippen molar-refractivity contribution in [3.8, 4) is 0 Å². The predicted octanol–water partition coefficient (Wildman–Crippen LogP) is 4.18. The molecule has 4 atom stereocenters. The first-order valence-corrected chi connectivity index (χ1v) is 11.6. The molecule has 0 radical (unpaired) electrons. The van der Waals surface area contributed by atoms with Crippen LogP contribution in [0.5, 0.6) is 0 Å². The maximum atomic E-state index is 11.8. The van der Waals surface area contributed by atoms with E-state index in [1.54, 1.807) is 0 Å². The molecule has 180 valence electrons. The molecule has 6 nitrogen and oxygen atoms in total. The molecule has 0 aliphatic carbocycles. The Balaban J connectivity index is 0. The summed E-state index contributed by atoms with van der Waals surface area (Å²) < 4.78 is 0. The quantitative estimate of drug-likeness (QED) is 0.418. The summed E-state index contributed by atoms with van der Waals surface area (Å²) in [6.45, 7) is 19.6. The van der Waals surface area contributed by atoms with Crippen LogP contribution >= 0.6 is 0 Å². The SMILES string of the molecule is CC[C@@H](O)C[C@@H](CC)C(=O)NC(C)(C)C.CC[C@@H](O)C[C@@H](CC)C(=O)NC(C)(C)C. The van der Waals surface area contributed by atoms with E-state index in [-0.39, 0.29) is 46.9 Å². The molecule has 0 aliphatic rings. The van der Waals surface area contributed by atoms with Gasteiger partial charge in [-0.2, -0.15) is 0 Å². The summed E-state index contributed by atoms with van der Waals surface area (Å²) in [6.07, 6.45) is 3.38. The molecule has 2 amide bonds. The zero-order valence-corrected chi connectivity index (χ0v) is 21.3. The van der Waals surface area contributed by atoms with Crippen molar-refractivity contribution in [1.29, 1.82) is 0 Å². The first-order valence-electron chi connectivity index (χ1n) is 11.6. The number of rotatable bonds is 10. The number of aliphatic hydroxyl groups is 2. The van der Waals surface area contributed by atoms with Crippen LogP contribution in [0.2, 0.25) is 0 Å². The molecule has 0 aromatic rings. The molecule has 0 fully saturated rings. The van der Waals surface area contributed by atoms with Crippen molar-refractivity contribution in [1.82, 2.24) is 10.6 Å². The number of aliphatic hydroxyl groups excluding tert-OH is 2. The second-order valence-corrected chi connectivity index (χ2v) is 10.3. The van der Waals surface area contributed by atoms with Crippen molar-refractivity contribution in [2.45, 2.75) is 131 Å². The highest BCUT2D eigenvalue weighted by Crippen LogP contribution is 2.16. The van der Waals surface area contributed by atoms with Crippen LogP contribution in [0, 0.1) is 11.8 Å². The highest BCUT2D eigenvalue weighted by Gasteiger charge is 2.24. The van der Waals surface area contributed by atoms with Gasteiger partial charge in [-0.1, -0.05) is 27.7 Å². The first-order chi connectivity index (χ1) is 13.6. The first kappa shape index (κ1) is 31.0. The Kier molecular flexibility index (Phi) is 15.3. The fraction of sp³-hybridized carbons (Fsp3) is 0.917. The van der Waals surface area contributed by atoms with Gasteiger partial charge in [0.1, 0.15) is 0 Å². The highest BCUT2D eigenvalue weighted by molar-refractivity contribution is 5.79. The van der Waals surface area contributed by atoms with E-state index in [1.807, 2.05) is 69.2 Å². The van der Waals surface area contributed by atoms with Gasteiger partial charge in [0, 0.05) is 22.9 Å². The minimum absolute atomic E-state index is 0.0532. The van der Waals surface area contributed by atoms with E-state index in [9.17, 15) is 19.8 Å². The van der Waals surface area contributed by atoms with E-state index in [0.29, 0.717) is 25.7 Å². The van der Waals surface area contributed by atoms with Crippen LogP contribution in [-0.4, -0.2) is 45.3 Å². The molecule has 0 bridgehead atoms. The summed E-state index contributed by atoms with van der Waals surface area (Å²) >= 11 is 0. The molecule has 0 aromatic carbocycles. The van der Waals surface area contributed by atoms with Gasteiger partial charge in [0.25, 0.3) is 0 Å². The lowest BCUT2D eigenvalue weighted by Crippen LogP contribution is -2.44. The Hall–Kier alpha value is -1.14. The molecule has 0 heterocycles. The lowest BCUT2D eigenvalue weighted by Gasteiger charge is -2.25. The Morgan fingerprint density at radius 2 is 0.900 bits per heavy atom. The second-order valence-electron chi connectivity index (χ2n) is 10.3. The monoisotopic (exact) mass is 430 g/mol. The number of amides is 2. The van der Waals surface area contributed by atoms with Gasteiger partial charge in [0.2, 0.25) is 11.8 Å². The average Bonchev–Trinajstić information content (AvgIpc) is 2.60. The molecule has 0 saturated heterocycles. The van der Waals surface area contributed by atoms with Gasteiger partial charge in [0.05, 0.1) is 12.2 Å². The lowest BCUT2D eigenvalue weighted by atomic mass is 9.95. The van der Waals surface area contributed by atoms with E-state index >= 15 is 0 Å². The van der Waals surface area contributed by atoms with Gasteiger partial charge in [-0.05, 0) is 80.1 Å². The number of hydrogen-bond donors (Lipinski definition) is 4. The molecule has 0 unspecified atom stereocenters. The van der Waals surface area contributed by atoms with Crippen molar-refractivity contribution in [3.63, 3.8) is 0 Å². The minimum atomic E-state index is -0.360. The zero-order valence-electron chi connectivity index (χ0n) is 21.3. The normalized spacial score (nSPS) is 15.9. The molecule has 30 heavy (non-hydrogen) atoms. The molecule has 0 aliphatic heterocycles. The second kappa shape index (κ2) is 14.8. The fourth-order valence-corrected chi connectivity index (χ4v) is 2.85. The molecule has 4 N–H and O–H groups in total. The topological polar surface area (TPSA) is 98.7 Å². The minimum Gasteiger partial charge on any atom is -0.393 e. The van der Waals surface area contributed by atoms with E-state index in [1.165, 1.54) is 0 Å². The van der Waals surface area contributed by atoms with Gasteiger partial charge in [0.15, 0.2) is 0 Å². The lowest BCUT2D eigenvalue weighted by molar-refractivity contribution is -0.128. The maximum absolute atomic E-state index is 11.8. The van der Waals surface area contributed by atoms with Gasteiger partial charge in [-0.15, -0.1) is 0 Å². The fourth-order valence-electron chi connectivity index (χ4n) is 2.85. The summed E-state index contributed by atoms with van der Waals surface area (Å²) in [4.78, 5) is 23.6. The molecule has 0 saturated carbocycles. The number of carbonyl (C=O) groups excluding carboxylic acids is 2. The number of hydrogen-bond acceptors (Lipinski definition) is 4. The third kappa shape index (κ3) is 16.6. The van der Waals surface area contributed by atoms with E-state index in [4.69, 9.17) is 0 Å². The third-order valence-corrected chi connectivity index (χ3v) is 4.78. The van der Waals surface area contributed by atoms with Crippen LogP contribution in [0.3, 0.4) is 0 Å². The van der Waals surface area contributed by atoms with E-state index < -0.39 is 0 Å². The van der Waals surface area contributed by atoms with Crippen molar-refractivity contribution >= 4 is 11.8 Å². The van der Waals surface area contributed by atoms with Gasteiger partial charge in [-0.25, -0.2) is 0 Å². The molecule has 0 spiro atoms. The van der Waals surface area contributed by atoms with Crippen LogP contribution < -0.4 is 10.6 Å². The molecule has 0 rings (SSSR count). The largest absolute Gasteiger partial charge is 0.393 e. The molecule has 0 aromatic heterocycles. The highest BCUT2D eigenvalue weighted by atomic mass is 16.3.